The first-order valence-electron chi connectivity index (χ1n) is 5.02. The number of hydrogen-bond acceptors (Lipinski definition) is 3. The first-order valence-corrected chi connectivity index (χ1v) is 6.88. The minimum atomic E-state index is -3.59. The van der Waals surface area contributed by atoms with Crippen LogP contribution in [0.15, 0.2) is 53.6 Å². The van der Waals surface area contributed by atoms with Gasteiger partial charge in [-0.1, -0.05) is 29.8 Å². The van der Waals surface area contributed by atoms with Crippen molar-refractivity contribution in [2.45, 2.75) is 4.90 Å². The third-order valence-electron chi connectivity index (χ3n) is 2.11. The molecule has 90 valence electrons. The van der Waals surface area contributed by atoms with Crippen LogP contribution in [0, 0.1) is 11.2 Å². The Morgan fingerprint density at radius 3 is 2.39 bits per heavy atom. The highest BCUT2D eigenvalue weighted by Crippen LogP contribution is 2.09. The summed E-state index contributed by atoms with van der Waals surface area (Å²) in [7, 11) is -3.59. The summed E-state index contributed by atoms with van der Waals surface area (Å²) in [6, 6.07) is 11.2. The van der Waals surface area contributed by atoms with E-state index < -0.39 is 9.84 Å². The van der Waals surface area contributed by atoms with Crippen molar-refractivity contribution < 1.29 is 8.42 Å². The molecule has 0 atom stereocenters. The Bertz CT molecular complexity index is 698. The number of pyridine rings is 1. The summed E-state index contributed by atoms with van der Waals surface area (Å²) in [5.41, 5.74) is 0.499. The molecule has 3 nitrogen and oxygen atoms in total. The molecule has 0 fully saturated rings. The van der Waals surface area contributed by atoms with Crippen LogP contribution in [0.4, 0.5) is 0 Å². The maximum atomic E-state index is 11.9. The van der Waals surface area contributed by atoms with Gasteiger partial charge in [-0.2, -0.15) is 0 Å². The molecule has 0 radical (unpaired) electrons. The fourth-order valence-corrected chi connectivity index (χ4v) is 2.23. The Labute approximate surface area is 110 Å². The molecule has 5 heteroatoms. The van der Waals surface area contributed by atoms with Crippen molar-refractivity contribution in [2.24, 2.45) is 0 Å². The van der Waals surface area contributed by atoms with Crippen LogP contribution < -0.4 is 0 Å². The molecular weight excluding hydrogens is 270 g/mol. The Morgan fingerprint density at radius 2 is 1.78 bits per heavy atom. The zero-order valence-corrected chi connectivity index (χ0v) is 10.7. The average Bonchev–Trinajstić information content (AvgIpc) is 2.39. The van der Waals surface area contributed by atoms with E-state index in [4.69, 9.17) is 11.6 Å². The van der Waals surface area contributed by atoms with Crippen molar-refractivity contribution in [3.05, 3.63) is 59.4 Å². The molecule has 0 amide bonds. The third kappa shape index (κ3) is 3.10. The van der Waals surface area contributed by atoms with Crippen LogP contribution in [0.25, 0.3) is 0 Å². The SMILES string of the molecule is O=S(=O)(C#Cc1ccc(Cl)nc1)c1ccccc1. The Morgan fingerprint density at radius 1 is 1.06 bits per heavy atom. The standard InChI is InChI=1S/C13H8ClNO2S/c14-13-7-6-11(10-15-13)8-9-18(16,17)12-4-2-1-3-5-12/h1-7,10H. The highest BCUT2D eigenvalue weighted by atomic mass is 35.5. The van der Waals surface area contributed by atoms with Crippen molar-refractivity contribution in [1.29, 1.82) is 0 Å². The molecule has 1 aromatic heterocycles. The predicted octanol–water partition coefficient (Wildman–Crippen LogP) is 2.52. The predicted molar refractivity (Wildman–Crippen MR) is 69.8 cm³/mol. The molecule has 1 aromatic carbocycles. The molecule has 18 heavy (non-hydrogen) atoms. The van der Waals surface area contributed by atoms with Gasteiger partial charge in [-0.3, -0.25) is 0 Å². The molecule has 0 aliphatic heterocycles. The van der Waals surface area contributed by atoms with Crippen molar-refractivity contribution in [3.8, 4) is 11.2 Å². The van der Waals surface area contributed by atoms with Gasteiger partial charge in [0.25, 0.3) is 0 Å². The summed E-state index contributed by atoms with van der Waals surface area (Å²) in [6.45, 7) is 0. The van der Waals surface area contributed by atoms with Gasteiger partial charge in [0.15, 0.2) is 0 Å². The molecule has 2 rings (SSSR count). The fraction of sp³-hybridized carbons (Fsp3) is 0. The molecule has 0 saturated heterocycles. The van der Waals surface area contributed by atoms with E-state index in [0.29, 0.717) is 10.7 Å². The smallest absolute Gasteiger partial charge is 0.243 e. The number of hydrogen-bond donors (Lipinski definition) is 0. The van der Waals surface area contributed by atoms with E-state index in [-0.39, 0.29) is 4.90 Å². The molecule has 0 unspecified atom stereocenters. The quantitative estimate of drug-likeness (QED) is 0.594. The van der Waals surface area contributed by atoms with Gasteiger partial charge in [0.2, 0.25) is 9.84 Å². The van der Waals surface area contributed by atoms with E-state index in [1.54, 1.807) is 30.3 Å². The summed E-state index contributed by atoms with van der Waals surface area (Å²) in [5, 5.41) is 2.59. The lowest BCUT2D eigenvalue weighted by atomic mass is 10.3. The normalized spacial score (nSPS) is 10.5. The molecule has 0 aliphatic rings. The molecule has 0 saturated carbocycles. The van der Waals surface area contributed by atoms with E-state index in [9.17, 15) is 8.42 Å². The van der Waals surface area contributed by atoms with Gasteiger partial charge in [0.1, 0.15) is 5.15 Å². The second-order valence-electron chi connectivity index (χ2n) is 3.41. The number of halogens is 1. The van der Waals surface area contributed by atoms with Crippen LogP contribution in [0.3, 0.4) is 0 Å². The first kappa shape index (κ1) is 12.6. The zero-order valence-electron chi connectivity index (χ0n) is 9.17. The van der Waals surface area contributed by atoms with Crippen LogP contribution >= 0.6 is 11.6 Å². The van der Waals surface area contributed by atoms with Crippen molar-refractivity contribution in [3.63, 3.8) is 0 Å². The van der Waals surface area contributed by atoms with Crippen molar-refractivity contribution >= 4 is 21.4 Å². The lowest BCUT2D eigenvalue weighted by molar-refractivity contribution is 0.606. The van der Waals surface area contributed by atoms with Gasteiger partial charge in [-0.05, 0) is 30.2 Å². The number of rotatable bonds is 1. The molecule has 0 aliphatic carbocycles. The maximum Gasteiger partial charge on any atom is 0.245 e. The molecule has 0 spiro atoms. The summed E-state index contributed by atoms with van der Waals surface area (Å²) >= 11 is 5.62. The topological polar surface area (TPSA) is 47.0 Å². The molecule has 0 N–H and O–H groups in total. The molecule has 2 aromatic rings. The van der Waals surface area contributed by atoms with E-state index in [1.807, 2.05) is 0 Å². The summed E-state index contributed by atoms with van der Waals surface area (Å²) < 4.78 is 23.7. The number of aromatic nitrogens is 1. The van der Waals surface area contributed by atoms with Gasteiger partial charge < -0.3 is 0 Å². The van der Waals surface area contributed by atoms with Crippen LogP contribution in [-0.2, 0) is 9.84 Å². The van der Waals surface area contributed by atoms with Gasteiger partial charge >= 0.3 is 0 Å². The minimum absolute atomic E-state index is 0.180. The minimum Gasteiger partial charge on any atom is -0.243 e. The lowest BCUT2D eigenvalue weighted by Gasteiger charge is -1.94. The lowest BCUT2D eigenvalue weighted by Crippen LogP contribution is -1.96. The largest absolute Gasteiger partial charge is 0.245 e. The molecular formula is C13H8ClNO2S. The van der Waals surface area contributed by atoms with Crippen LogP contribution in [0.2, 0.25) is 5.15 Å². The monoisotopic (exact) mass is 277 g/mol. The van der Waals surface area contributed by atoms with Crippen molar-refractivity contribution in [1.82, 2.24) is 4.98 Å². The molecule has 1 heterocycles. The van der Waals surface area contributed by atoms with Gasteiger partial charge in [0.05, 0.1) is 4.90 Å². The van der Waals surface area contributed by atoms with Gasteiger partial charge in [0, 0.05) is 17.0 Å². The van der Waals surface area contributed by atoms with E-state index in [0.717, 1.165) is 0 Å². The summed E-state index contributed by atoms with van der Waals surface area (Å²) in [6.07, 6.45) is 1.43. The highest BCUT2D eigenvalue weighted by Gasteiger charge is 2.08. The Hall–Kier alpha value is -1.83. The zero-order chi connectivity index (χ0) is 13.0. The van der Waals surface area contributed by atoms with Crippen LogP contribution in [0.5, 0.6) is 0 Å². The Kier molecular flexibility index (Phi) is 3.66. The second kappa shape index (κ2) is 5.21. The Balaban J connectivity index is 2.33. The van der Waals surface area contributed by atoms with E-state index in [2.05, 4.69) is 16.2 Å². The third-order valence-corrected chi connectivity index (χ3v) is 3.60. The highest BCUT2D eigenvalue weighted by molar-refractivity contribution is 7.96. The number of nitrogens with zero attached hydrogens (tertiary/aromatic N) is 1. The second-order valence-corrected chi connectivity index (χ2v) is 5.48. The summed E-state index contributed by atoms with van der Waals surface area (Å²) in [5.74, 6) is 2.55. The maximum absolute atomic E-state index is 11.9. The fourth-order valence-electron chi connectivity index (χ4n) is 1.23. The molecule has 0 bridgehead atoms. The van der Waals surface area contributed by atoms with Crippen molar-refractivity contribution in [2.75, 3.05) is 0 Å². The number of sulfone groups is 1. The van der Waals surface area contributed by atoms with Crippen LogP contribution in [0.1, 0.15) is 5.56 Å². The first-order chi connectivity index (χ1) is 8.58. The summed E-state index contributed by atoms with van der Waals surface area (Å²) in [4.78, 5) is 4.00. The average molecular weight is 278 g/mol. The van der Waals surface area contributed by atoms with Gasteiger partial charge in [-0.25, -0.2) is 13.4 Å². The van der Waals surface area contributed by atoms with Gasteiger partial charge in [-0.15, -0.1) is 0 Å². The number of benzene rings is 1. The van der Waals surface area contributed by atoms with Crippen LogP contribution in [-0.4, -0.2) is 13.4 Å². The van der Waals surface area contributed by atoms with E-state index in [1.165, 1.54) is 18.3 Å². The van der Waals surface area contributed by atoms with E-state index >= 15 is 0 Å².